The molecule has 2 amide bonds. The fourth-order valence-electron chi connectivity index (χ4n) is 2.63. The molecule has 10 heteroatoms. The predicted octanol–water partition coefficient (Wildman–Crippen LogP) is 2.20. The van der Waals surface area contributed by atoms with Gasteiger partial charge in [-0.25, -0.2) is 9.59 Å². The standard InChI is InChI=1S/C15H15F3N2O5/c1-25-13(23)8-4-2-3-5-11(8)19-14(24)20-6-9(12(21)22)10(7-20)15(16,17)18/h2-5,9-10H,6-7H2,1H3,(H,19,24)(H,21,22)/t9-,10-/m1/s1. The molecule has 1 aromatic rings. The van der Waals surface area contributed by atoms with E-state index in [0.29, 0.717) is 0 Å². The lowest BCUT2D eigenvalue weighted by Gasteiger charge is -2.19. The number of benzene rings is 1. The van der Waals surface area contributed by atoms with Crippen LogP contribution in [0.2, 0.25) is 0 Å². The minimum atomic E-state index is -4.73. The number of aliphatic carboxylic acids is 1. The molecule has 7 nitrogen and oxygen atoms in total. The summed E-state index contributed by atoms with van der Waals surface area (Å²) >= 11 is 0. The van der Waals surface area contributed by atoms with Crippen LogP contribution in [0.25, 0.3) is 0 Å². The number of carboxylic acids is 1. The Balaban J connectivity index is 2.17. The second-order valence-electron chi connectivity index (χ2n) is 5.47. The number of halogens is 3. The number of nitrogens with one attached hydrogen (secondary N) is 1. The number of hydrogen-bond acceptors (Lipinski definition) is 4. The third kappa shape index (κ3) is 4.01. The second-order valence-corrected chi connectivity index (χ2v) is 5.47. The van der Waals surface area contributed by atoms with E-state index < -0.39 is 49.1 Å². The number of likely N-dealkylation sites (tertiary alicyclic amines) is 1. The number of urea groups is 1. The van der Waals surface area contributed by atoms with E-state index in [1.807, 2.05) is 0 Å². The first-order valence-corrected chi connectivity index (χ1v) is 7.18. The molecular weight excluding hydrogens is 345 g/mol. The largest absolute Gasteiger partial charge is 0.481 e. The van der Waals surface area contributed by atoms with E-state index in [9.17, 15) is 27.6 Å². The fraction of sp³-hybridized carbons (Fsp3) is 0.400. The average Bonchev–Trinajstić information content (AvgIpc) is 3.00. The van der Waals surface area contributed by atoms with Crippen LogP contribution in [-0.2, 0) is 9.53 Å². The summed E-state index contributed by atoms with van der Waals surface area (Å²) in [5, 5.41) is 11.3. The van der Waals surface area contributed by atoms with Crippen molar-refractivity contribution in [3.05, 3.63) is 29.8 Å². The predicted molar refractivity (Wildman–Crippen MR) is 79.0 cm³/mol. The lowest BCUT2D eigenvalue weighted by molar-refractivity contribution is -0.187. The van der Waals surface area contributed by atoms with Gasteiger partial charge in [-0.3, -0.25) is 4.79 Å². The van der Waals surface area contributed by atoms with Gasteiger partial charge in [0.15, 0.2) is 0 Å². The molecule has 2 N–H and O–H groups in total. The Bertz CT molecular complexity index is 692. The van der Waals surface area contributed by atoms with E-state index >= 15 is 0 Å². The highest BCUT2D eigenvalue weighted by molar-refractivity contribution is 6.00. The highest BCUT2D eigenvalue weighted by Crippen LogP contribution is 2.38. The maximum atomic E-state index is 13.0. The van der Waals surface area contributed by atoms with Crippen LogP contribution >= 0.6 is 0 Å². The zero-order chi connectivity index (χ0) is 18.8. The number of ether oxygens (including phenoxy) is 1. The van der Waals surface area contributed by atoms with Crippen molar-refractivity contribution in [2.24, 2.45) is 11.8 Å². The Kier molecular flexibility index (Phi) is 5.19. The summed E-state index contributed by atoms with van der Waals surface area (Å²) in [7, 11) is 1.15. The number of hydrogen-bond donors (Lipinski definition) is 2. The van der Waals surface area contributed by atoms with E-state index in [1.165, 1.54) is 24.3 Å². The molecule has 2 rings (SSSR count). The van der Waals surface area contributed by atoms with Crippen molar-refractivity contribution < 1.29 is 37.4 Å². The van der Waals surface area contributed by atoms with Crippen molar-refractivity contribution >= 4 is 23.7 Å². The Morgan fingerprint density at radius 1 is 1.24 bits per heavy atom. The highest BCUT2D eigenvalue weighted by atomic mass is 19.4. The number of anilines is 1. The molecular formula is C15H15F3N2O5. The minimum Gasteiger partial charge on any atom is -0.481 e. The van der Waals surface area contributed by atoms with E-state index in [4.69, 9.17) is 5.11 Å². The summed E-state index contributed by atoms with van der Waals surface area (Å²) in [6, 6.07) is 4.89. The van der Waals surface area contributed by atoms with Crippen LogP contribution in [0.15, 0.2) is 24.3 Å². The first-order valence-electron chi connectivity index (χ1n) is 7.18. The smallest absolute Gasteiger partial charge is 0.394 e. The van der Waals surface area contributed by atoms with Crippen molar-refractivity contribution in [2.75, 3.05) is 25.5 Å². The van der Waals surface area contributed by atoms with Crippen LogP contribution in [0.4, 0.5) is 23.7 Å². The summed E-state index contributed by atoms with van der Waals surface area (Å²) in [5.41, 5.74) is 0.0846. The van der Waals surface area contributed by atoms with Crippen LogP contribution in [0.1, 0.15) is 10.4 Å². The molecule has 1 aliphatic rings. The van der Waals surface area contributed by atoms with Gasteiger partial charge in [0.1, 0.15) is 0 Å². The number of carboxylic acid groups (broad SMARTS) is 1. The molecule has 1 aliphatic heterocycles. The van der Waals surface area contributed by atoms with Crippen molar-refractivity contribution in [3.63, 3.8) is 0 Å². The molecule has 136 valence electrons. The molecule has 1 aromatic carbocycles. The summed E-state index contributed by atoms with van der Waals surface area (Å²) in [6.07, 6.45) is -4.73. The number of esters is 1. The summed E-state index contributed by atoms with van der Waals surface area (Å²) in [4.78, 5) is 35.7. The molecule has 0 radical (unpaired) electrons. The first-order chi connectivity index (χ1) is 11.6. The van der Waals surface area contributed by atoms with Gasteiger partial charge < -0.3 is 20.1 Å². The molecule has 25 heavy (non-hydrogen) atoms. The second kappa shape index (κ2) is 6.99. The average molecular weight is 360 g/mol. The third-order valence-electron chi connectivity index (χ3n) is 3.92. The van der Waals surface area contributed by atoms with Crippen molar-refractivity contribution in [1.82, 2.24) is 4.90 Å². The van der Waals surface area contributed by atoms with Gasteiger partial charge in [-0.05, 0) is 12.1 Å². The summed E-state index contributed by atoms with van der Waals surface area (Å²) in [5.74, 6) is -6.23. The van der Waals surface area contributed by atoms with E-state index in [1.54, 1.807) is 0 Å². The Hall–Kier alpha value is -2.78. The van der Waals surface area contributed by atoms with Gasteiger partial charge in [0, 0.05) is 13.1 Å². The van der Waals surface area contributed by atoms with Gasteiger partial charge in [-0.1, -0.05) is 12.1 Å². The van der Waals surface area contributed by atoms with Crippen LogP contribution in [-0.4, -0.2) is 54.4 Å². The normalized spacial score (nSPS) is 20.2. The summed E-state index contributed by atoms with van der Waals surface area (Å²) < 4.78 is 43.5. The number of rotatable bonds is 3. The monoisotopic (exact) mass is 360 g/mol. The van der Waals surface area contributed by atoms with Crippen LogP contribution in [0.5, 0.6) is 0 Å². The van der Waals surface area contributed by atoms with E-state index in [0.717, 1.165) is 12.0 Å². The minimum absolute atomic E-state index is 0.0275. The highest BCUT2D eigenvalue weighted by Gasteiger charge is 2.53. The lowest BCUT2D eigenvalue weighted by atomic mass is 9.96. The van der Waals surface area contributed by atoms with Gasteiger partial charge in [0.2, 0.25) is 0 Å². The van der Waals surface area contributed by atoms with Crippen LogP contribution in [0.3, 0.4) is 0 Å². The maximum Gasteiger partial charge on any atom is 0.394 e. The molecule has 0 aromatic heterocycles. The summed E-state index contributed by atoms with van der Waals surface area (Å²) in [6.45, 7) is -1.35. The number of carbonyl (C=O) groups is 3. The van der Waals surface area contributed by atoms with Gasteiger partial charge in [-0.2, -0.15) is 13.2 Å². The Morgan fingerprint density at radius 3 is 2.40 bits per heavy atom. The van der Waals surface area contributed by atoms with Crippen LogP contribution in [0, 0.1) is 11.8 Å². The zero-order valence-electron chi connectivity index (χ0n) is 13.0. The number of nitrogens with zero attached hydrogens (tertiary/aromatic N) is 1. The molecule has 1 heterocycles. The van der Waals surface area contributed by atoms with Crippen molar-refractivity contribution in [1.29, 1.82) is 0 Å². The Morgan fingerprint density at radius 2 is 1.88 bits per heavy atom. The third-order valence-corrected chi connectivity index (χ3v) is 3.92. The molecule has 1 fully saturated rings. The lowest BCUT2D eigenvalue weighted by Crippen LogP contribution is -2.35. The molecule has 1 saturated heterocycles. The van der Waals surface area contributed by atoms with Crippen molar-refractivity contribution in [3.8, 4) is 0 Å². The molecule has 0 saturated carbocycles. The molecule has 0 unspecified atom stereocenters. The molecule has 0 bridgehead atoms. The Labute approximate surface area is 140 Å². The van der Waals surface area contributed by atoms with E-state index in [-0.39, 0.29) is 11.3 Å². The zero-order valence-corrected chi connectivity index (χ0v) is 13.0. The molecule has 0 aliphatic carbocycles. The number of methoxy groups -OCH3 is 1. The molecule has 2 atom stereocenters. The number of carbonyl (C=O) groups excluding carboxylic acids is 2. The fourth-order valence-corrected chi connectivity index (χ4v) is 2.63. The van der Waals surface area contributed by atoms with Gasteiger partial charge in [-0.15, -0.1) is 0 Å². The van der Waals surface area contributed by atoms with Gasteiger partial charge in [0.25, 0.3) is 0 Å². The SMILES string of the molecule is COC(=O)c1ccccc1NC(=O)N1C[C@@H](C(F)(F)F)[C@H](C(=O)O)C1. The van der Waals surface area contributed by atoms with Gasteiger partial charge >= 0.3 is 24.1 Å². The number of alkyl halides is 3. The number of para-hydroxylation sites is 1. The topological polar surface area (TPSA) is 95.9 Å². The quantitative estimate of drug-likeness (QED) is 0.806. The van der Waals surface area contributed by atoms with Gasteiger partial charge in [0.05, 0.1) is 30.2 Å². The molecule has 0 spiro atoms. The maximum absolute atomic E-state index is 13.0. The van der Waals surface area contributed by atoms with Crippen LogP contribution < -0.4 is 5.32 Å². The van der Waals surface area contributed by atoms with E-state index in [2.05, 4.69) is 10.1 Å². The first kappa shape index (κ1) is 18.6. The van der Waals surface area contributed by atoms with Crippen molar-refractivity contribution in [2.45, 2.75) is 6.18 Å². The number of amides is 2.